The maximum absolute atomic E-state index is 6.04. The predicted octanol–water partition coefficient (Wildman–Crippen LogP) is 3.38. The van der Waals surface area contributed by atoms with Crippen molar-refractivity contribution in [3.63, 3.8) is 0 Å². The predicted molar refractivity (Wildman–Crippen MR) is 91.4 cm³/mol. The highest BCUT2D eigenvalue weighted by Crippen LogP contribution is 2.29. The van der Waals surface area contributed by atoms with Gasteiger partial charge in [-0.25, -0.2) is 0 Å². The summed E-state index contributed by atoms with van der Waals surface area (Å²) in [4.78, 5) is 4.65. The number of likely N-dealkylation sites (N-methyl/N-ethyl adjacent to an activating group) is 1. The minimum Gasteiger partial charge on any atom is -0.329 e. The molecule has 2 N–H and O–H groups in total. The average Bonchev–Trinajstić information content (AvgIpc) is 2.38. The van der Waals surface area contributed by atoms with Gasteiger partial charge in [-0.2, -0.15) is 0 Å². The van der Waals surface area contributed by atoms with E-state index in [0.29, 0.717) is 6.54 Å². The second-order valence-electron chi connectivity index (χ2n) is 5.26. The van der Waals surface area contributed by atoms with Crippen LogP contribution in [0.2, 0.25) is 5.02 Å². The van der Waals surface area contributed by atoms with Crippen LogP contribution < -0.4 is 5.73 Å². The normalized spacial score (nSPS) is 13.2. The molecule has 0 radical (unpaired) electrons. The Morgan fingerprint density at radius 1 is 1.25 bits per heavy atom. The fraction of sp³-hybridized carbons (Fsp3) is 0.600. The van der Waals surface area contributed by atoms with Gasteiger partial charge in [0.05, 0.1) is 0 Å². The van der Waals surface area contributed by atoms with E-state index < -0.39 is 0 Å². The molecule has 0 bridgehead atoms. The van der Waals surface area contributed by atoms with E-state index in [2.05, 4.69) is 52.8 Å². The van der Waals surface area contributed by atoms with Gasteiger partial charge in [-0.3, -0.25) is 4.90 Å². The molecule has 0 aliphatic rings. The van der Waals surface area contributed by atoms with Crippen molar-refractivity contribution >= 4 is 27.5 Å². The van der Waals surface area contributed by atoms with Crippen LogP contribution in [-0.4, -0.2) is 50.1 Å². The lowest BCUT2D eigenvalue weighted by molar-refractivity contribution is 0.182. The van der Waals surface area contributed by atoms with Crippen LogP contribution >= 0.6 is 27.5 Å². The fourth-order valence-corrected chi connectivity index (χ4v) is 3.23. The van der Waals surface area contributed by atoms with Gasteiger partial charge in [0.25, 0.3) is 0 Å². The van der Waals surface area contributed by atoms with Gasteiger partial charge < -0.3 is 10.6 Å². The second-order valence-corrected chi connectivity index (χ2v) is 6.55. The molecule has 5 heteroatoms. The third-order valence-electron chi connectivity index (χ3n) is 3.33. The van der Waals surface area contributed by atoms with Crippen molar-refractivity contribution < 1.29 is 0 Å². The van der Waals surface area contributed by atoms with Crippen LogP contribution in [0.15, 0.2) is 22.7 Å². The largest absolute Gasteiger partial charge is 0.329 e. The zero-order chi connectivity index (χ0) is 15.1. The highest BCUT2D eigenvalue weighted by Gasteiger charge is 2.20. The number of nitrogens with zero attached hydrogens (tertiary/aromatic N) is 2. The highest BCUT2D eigenvalue weighted by atomic mass is 79.9. The Kier molecular flexibility index (Phi) is 8.07. The van der Waals surface area contributed by atoms with E-state index in [1.165, 1.54) is 5.56 Å². The highest BCUT2D eigenvalue weighted by molar-refractivity contribution is 9.10. The third kappa shape index (κ3) is 5.34. The maximum atomic E-state index is 6.04. The maximum Gasteiger partial charge on any atom is 0.0482 e. The number of nitrogens with two attached hydrogens (primary N) is 1. The van der Waals surface area contributed by atoms with E-state index in [9.17, 15) is 0 Å². The summed E-state index contributed by atoms with van der Waals surface area (Å²) >= 11 is 9.64. The Morgan fingerprint density at radius 3 is 2.45 bits per heavy atom. The summed E-state index contributed by atoms with van der Waals surface area (Å²) < 4.78 is 1.03. The summed E-state index contributed by atoms with van der Waals surface area (Å²) in [5.41, 5.74) is 7.25. The van der Waals surface area contributed by atoms with Gasteiger partial charge in [0.2, 0.25) is 0 Å². The van der Waals surface area contributed by atoms with E-state index in [1.54, 1.807) is 0 Å². The Bertz CT molecular complexity index is 412. The molecule has 0 saturated carbocycles. The lowest BCUT2D eigenvalue weighted by Crippen LogP contribution is -2.38. The molecule has 0 saturated heterocycles. The summed E-state index contributed by atoms with van der Waals surface area (Å²) in [6.07, 6.45) is 1.12. The van der Waals surface area contributed by atoms with E-state index in [-0.39, 0.29) is 6.04 Å². The summed E-state index contributed by atoms with van der Waals surface area (Å²) in [5, 5.41) is 0.742. The standard InChI is InChI=1S/C15H25BrClN3/c1-4-7-20(9-8-19(2)3)15(11-18)13-6-5-12(17)10-14(13)16/h5-6,10,15H,4,7-9,11,18H2,1-3H3. The van der Waals surface area contributed by atoms with Gasteiger partial charge in [-0.1, -0.05) is 40.5 Å². The van der Waals surface area contributed by atoms with Crippen LogP contribution in [0.5, 0.6) is 0 Å². The monoisotopic (exact) mass is 361 g/mol. The Labute approximate surface area is 136 Å². The molecule has 0 aliphatic heterocycles. The summed E-state index contributed by atoms with van der Waals surface area (Å²) in [5.74, 6) is 0. The van der Waals surface area contributed by atoms with Gasteiger partial charge in [0.15, 0.2) is 0 Å². The molecule has 0 spiro atoms. The first-order chi connectivity index (χ1) is 9.49. The zero-order valence-electron chi connectivity index (χ0n) is 12.6. The first kappa shape index (κ1) is 17.9. The van der Waals surface area contributed by atoms with Crippen molar-refractivity contribution in [2.45, 2.75) is 19.4 Å². The lowest BCUT2D eigenvalue weighted by Gasteiger charge is -2.32. The molecule has 0 amide bonds. The summed E-state index contributed by atoms with van der Waals surface area (Å²) in [6.45, 7) is 5.89. The van der Waals surface area contributed by atoms with Crippen molar-refractivity contribution in [2.24, 2.45) is 5.73 Å². The first-order valence-corrected chi connectivity index (χ1v) is 8.20. The minimum absolute atomic E-state index is 0.224. The molecular formula is C15H25BrClN3. The molecule has 0 aliphatic carbocycles. The van der Waals surface area contributed by atoms with Crippen LogP contribution in [0, 0.1) is 0 Å². The molecule has 1 atom stereocenters. The minimum atomic E-state index is 0.224. The summed E-state index contributed by atoms with van der Waals surface area (Å²) in [6, 6.07) is 6.17. The first-order valence-electron chi connectivity index (χ1n) is 7.03. The van der Waals surface area contributed by atoms with Gasteiger partial charge in [0, 0.05) is 35.2 Å². The van der Waals surface area contributed by atoms with Crippen LogP contribution in [0.3, 0.4) is 0 Å². The molecular weight excluding hydrogens is 338 g/mol. The Balaban J connectivity index is 2.93. The van der Waals surface area contributed by atoms with Gasteiger partial charge in [-0.15, -0.1) is 0 Å². The number of hydrogen-bond donors (Lipinski definition) is 1. The van der Waals surface area contributed by atoms with Crippen molar-refractivity contribution in [2.75, 3.05) is 40.3 Å². The smallest absolute Gasteiger partial charge is 0.0482 e. The Hall–Kier alpha value is -0.130. The molecule has 0 aromatic heterocycles. The van der Waals surface area contributed by atoms with E-state index in [1.807, 2.05) is 12.1 Å². The van der Waals surface area contributed by atoms with Gasteiger partial charge in [0.1, 0.15) is 0 Å². The Morgan fingerprint density at radius 2 is 1.95 bits per heavy atom. The van der Waals surface area contributed by atoms with Crippen LogP contribution in [0.4, 0.5) is 0 Å². The quantitative estimate of drug-likeness (QED) is 0.769. The fourth-order valence-electron chi connectivity index (χ4n) is 2.28. The summed E-state index contributed by atoms with van der Waals surface area (Å²) in [7, 11) is 4.19. The number of benzene rings is 1. The molecule has 0 heterocycles. The van der Waals surface area contributed by atoms with Crippen molar-refractivity contribution in [1.82, 2.24) is 9.80 Å². The van der Waals surface area contributed by atoms with E-state index in [4.69, 9.17) is 17.3 Å². The van der Waals surface area contributed by atoms with Gasteiger partial charge >= 0.3 is 0 Å². The molecule has 1 aromatic rings. The molecule has 1 aromatic carbocycles. The molecule has 1 unspecified atom stereocenters. The van der Waals surface area contributed by atoms with Crippen molar-refractivity contribution in [3.8, 4) is 0 Å². The van der Waals surface area contributed by atoms with Crippen molar-refractivity contribution in [3.05, 3.63) is 33.3 Å². The molecule has 20 heavy (non-hydrogen) atoms. The third-order valence-corrected chi connectivity index (χ3v) is 4.25. The van der Waals surface area contributed by atoms with Crippen LogP contribution in [0.25, 0.3) is 0 Å². The molecule has 3 nitrogen and oxygen atoms in total. The van der Waals surface area contributed by atoms with E-state index >= 15 is 0 Å². The SMILES string of the molecule is CCCN(CCN(C)C)C(CN)c1ccc(Cl)cc1Br. The topological polar surface area (TPSA) is 32.5 Å². The van der Waals surface area contributed by atoms with Crippen molar-refractivity contribution in [1.29, 1.82) is 0 Å². The molecule has 1 rings (SSSR count). The number of halogens is 2. The van der Waals surface area contributed by atoms with E-state index in [0.717, 1.165) is 35.6 Å². The average molecular weight is 363 g/mol. The van der Waals surface area contributed by atoms with Crippen LogP contribution in [0.1, 0.15) is 24.9 Å². The second kappa shape index (κ2) is 9.00. The molecule has 114 valence electrons. The van der Waals surface area contributed by atoms with Gasteiger partial charge in [-0.05, 0) is 44.8 Å². The number of hydrogen-bond acceptors (Lipinski definition) is 3. The molecule has 0 fully saturated rings. The lowest BCUT2D eigenvalue weighted by atomic mass is 10.0. The zero-order valence-corrected chi connectivity index (χ0v) is 14.9. The van der Waals surface area contributed by atoms with Crippen LogP contribution in [-0.2, 0) is 0 Å². The number of rotatable bonds is 8.